The molecule has 190 valence electrons. The third-order valence-corrected chi connectivity index (χ3v) is 5.82. The lowest BCUT2D eigenvalue weighted by Gasteiger charge is -2.28. The number of carbonyl (C=O) groups is 1. The molecule has 1 N–H and O–H groups in total. The Kier molecular flexibility index (Phi) is 6.52. The van der Waals surface area contributed by atoms with E-state index in [0.29, 0.717) is 30.6 Å². The molecule has 1 aliphatic heterocycles. The average Bonchev–Trinajstić information content (AvgIpc) is 3.20. The van der Waals surface area contributed by atoms with Crippen LogP contribution in [0.4, 0.5) is 16.4 Å². The number of aromatic nitrogens is 4. The standard InChI is InChI=1S/C28H30N6O3/c1-28(2,3)37-27(35)34-17-21-11-13-25(32-26(21)36-23(18-34)19-8-6-5-7-9-19)31-24-12-10-20(14-29-24)22-15-30-33(4)16-22/h5-16,23H,17-18H2,1-4H3,(H,29,31,32). The summed E-state index contributed by atoms with van der Waals surface area (Å²) >= 11 is 0. The van der Waals surface area contributed by atoms with Gasteiger partial charge in [0.2, 0.25) is 5.88 Å². The predicted molar refractivity (Wildman–Crippen MR) is 140 cm³/mol. The second-order valence-corrected chi connectivity index (χ2v) is 10.00. The summed E-state index contributed by atoms with van der Waals surface area (Å²) in [5.41, 5.74) is 3.14. The zero-order valence-corrected chi connectivity index (χ0v) is 21.4. The van der Waals surface area contributed by atoms with Crippen LogP contribution in [0, 0.1) is 0 Å². The summed E-state index contributed by atoms with van der Waals surface area (Å²) in [6.07, 6.45) is 4.77. The molecule has 1 aromatic carbocycles. The summed E-state index contributed by atoms with van der Waals surface area (Å²) in [6.45, 7) is 6.25. The highest BCUT2D eigenvalue weighted by atomic mass is 16.6. The van der Waals surface area contributed by atoms with Gasteiger partial charge in [-0.05, 0) is 50.6 Å². The number of anilines is 2. The van der Waals surface area contributed by atoms with Gasteiger partial charge in [0.15, 0.2) is 0 Å². The van der Waals surface area contributed by atoms with E-state index in [2.05, 4.69) is 15.4 Å². The molecule has 0 radical (unpaired) electrons. The van der Waals surface area contributed by atoms with Crippen LogP contribution in [-0.2, 0) is 18.3 Å². The lowest BCUT2D eigenvalue weighted by molar-refractivity contribution is 0.0177. The molecule has 4 aromatic rings. The van der Waals surface area contributed by atoms with Crippen LogP contribution < -0.4 is 10.1 Å². The fourth-order valence-electron chi connectivity index (χ4n) is 4.05. The van der Waals surface area contributed by atoms with Gasteiger partial charge in [-0.15, -0.1) is 0 Å². The van der Waals surface area contributed by atoms with Gasteiger partial charge in [-0.25, -0.2) is 9.78 Å². The van der Waals surface area contributed by atoms with E-state index in [0.717, 1.165) is 22.3 Å². The summed E-state index contributed by atoms with van der Waals surface area (Å²) in [5, 5.41) is 7.46. The Morgan fingerprint density at radius 2 is 1.81 bits per heavy atom. The van der Waals surface area contributed by atoms with Gasteiger partial charge in [-0.1, -0.05) is 30.3 Å². The molecule has 1 unspecified atom stereocenters. The lowest BCUT2D eigenvalue weighted by atomic mass is 10.1. The Labute approximate surface area is 216 Å². The second kappa shape index (κ2) is 9.93. The summed E-state index contributed by atoms with van der Waals surface area (Å²) in [7, 11) is 1.88. The molecule has 0 fully saturated rings. The summed E-state index contributed by atoms with van der Waals surface area (Å²) in [5.74, 6) is 1.72. The van der Waals surface area contributed by atoms with Gasteiger partial charge in [0.25, 0.3) is 0 Å². The Hall–Kier alpha value is -4.40. The van der Waals surface area contributed by atoms with Crippen molar-refractivity contribution >= 4 is 17.7 Å². The van der Waals surface area contributed by atoms with Crippen molar-refractivity contribution < 1.29 is 14.3 Å². The number of ether oxygens (including phenoxy) is 2. The van der Waals surface area contributed by atoms with Gasteiger partial charge in [0, 0.05) is 36.1 Å². The molecule has 1 aliphatic rings. The molecule has 0 spiro atoms. The minimum Gasteiger partial charge on any atom is -0.467 e. The zero-order chi connectivity index (χ0) is 26.0. The number of amides is 1. The largest absolute Gasteiger partial charge is 0.467 e. The molecule has 37 heavy (non-hydrogen) atoms. The number of benzene rings is 1. The fraction of sp³-hybridized carbons (Fsp3) is 0.286. The van der Waals surface area contributed by atoms with Crippen LogP contribution in [0.25, 0.3) is 11.1 Å². The zero-order valence-electron chi connectivity index (χ0n) is 21.4. The smallest absolute Gasteiger partial charge is 0.410 e. The van der Waals surface area contributed by atoms with Crippen molar-refractivity contribution in [3.05, 3.63) is 84.3 Å². The van der Waals surface area contributed by atoms with E-state index in [9.17, 15) is 4.79 Å². The van der Waals surface area contributed by atoms with Crippen LogP contribution in [0.1, 0.15) is 38.0 Å². The van der Waals surface area contributed by atoms with Crippen molar-refractivity contribution in [3.63, 3.8) is 0 Å². The molecule has 4 heterocycles. The molecular weight excluding hydrogens is 468 g/mol. The van der Waals surface area contributed by atoms with E-state index in [4.69, 9.17) is 14.5 Å². The summed E-state index contributed by atoms with van der Waals surface area (Å²) < 4.78 is 13.8. The van der Waals surface area contributed by atoms with Gasteiger partial charge in [0.05, 0.1) is 19.3 Å². The molecular formula is C28H30N6O3. The minimum absolute atomic E-state index is 0.332. The molecule has 1 amide bonds. The van der Waals surface area contributed by atoms with Crippen molar-refractivity contribution in [2.75, 3.05) is 11.9 Å². The van der Waals surface area contributed by atoms with Crippen LogP contribution in [0.15, 0.2) is 73.2 Å². The average molecular weight is 499 g/mol. The third kappa shape index (κ3) is 5.88. The van der Waals surface area contributed by atoms with Gasteiger partial charge >= 0.3 is 6.09 Å². The first-order chi connectivity index (χ1) is 17.7. The Morgan fingerprint density at radius 1 is 1.03 bits per heavy atom. The maximum Gasteiger partial charge on any atom is 0.410 e. The highest BCUT2D eigenvalue weighted by Gasteiger charge is 2.31. The molecule has 9 heteroatoms. The van der Waals surface area contributed by atoms with E-state index in [1.54, 1.807) is 22.0 Å². The summed E-state index contributed by atoms with van der Waals surface area (Å²) in [6, 6.07) is 17.5. The van der Waals surface area contributed by atoms with E-state index in [-0.39, 0.29) is 6.09 Å². The van der Waals surface area contributed by atoms with E-state index < -0.39 is 11.7 Å². The van der Waals surface area contributed by atoms with Crippen LogP contribution >= 0.6 is 0 Å². The molecule has 1 atom stereocenters. The topological polar surface area (TPSA) is 94.4 Å². The molecule has 9 nitrogen and oxygen atoms in total. The SMILES string of the molecule is Cn1cc(-c2ccc(Nc3ccc4c(n3)OC(c3ccccc3)CN(C(=O)OC(C)(C)C)C4)nc2)cn1. The van der Waals surface area contributed by atoms with Crippen molar-refractivity contribution in [1.82, 2.24) is 24.6 Å². The van der Waals surface area contributed by atoms with Gasteiger partial charge in [-0.2, -0.15) is 10.1 Å². The fourth-order valence-corrected chi connectivity index (χ4v) is 4.05. The number of hydrogen-bond acceptors (Lipinski definition) is 7. The quantitative estimate of drug-likeness (QED) is 0.397. The first kappa shape index (κ1) is 24.3. The maximum absolute atomic E-state index is 13.0. The Bertz CT molecular complexity index is 1380. The normalized spacial score (nSPS) is 15.4. The van der Waals surface area contributed by atoms with Crippen molar-refractivity contribution in [2.45, 2.75) is 39.0 Å². The number of nitrogens with one attached hydrogen (secondary N) is 1. The van der Waals surface area contributed by atoms with E-state index in [1.807, 2.05) is 88.6 Å². The number of pyridine rings is 2. The van der Waals surface area contributed by atoms with Crippen LogP contribution in [-0.4, -0.2) is 42.9 Å². The van der Waals surface area contributed by atoms with Crippen molar-refractivity contribution in [3.8, 4) is 17.0 Å². The van der Waals surface area contributed by atoms with Crippen LogP contribution in [0.5, 0.6) is 5.88 Å². The monoisotopic (exact) mass is 498 g/mol. The molecule has 0 saturated heterocycles. The van der Waals surface area contributed by atoms with E-state index in [1.165, 1.54) is 0 Å². The lowest BCUT2D eigenvalue weighted by Crippen LogP contribution is -2.38. The number of rotatable bonds is 4. The molecule has 5 rings (SSSR count). The first-order valence-electron chi connectivity index (χ1n) is 12.1. The summed E-state index contributed by atoms with van der Waals surface area (Å²) in [4.78, 5) is 23.9. The molecule has 0 aliphatic carbocycles. The van der Waals surface area contributed by atoms with Crippen LogP contribution in [0.3, 0.4) is 0 Å². The van der Waals surface area contributed by atoms with Crippen LogP contribution in [0.2, 0.25) is 0 Å². The number of fused-ring (bicyclic) bond motifs is 1. The first-order valence-corrected chi connectivity index (χ1v) is 12.1. The van der Waals surface area contributed by atoms with Crippen molar-refractivity contribution in [2.24, 2.45) is 7.05 Å². The minimum atomic E-state index is -0.596. The Morgan fingerprint density at radius 3 is 2.49 bits per heavy atom. The molecule has 0 saturated carbocycles. The highest BCUT2D eigenvalue weighted by Crippen LogP contribution is 2.32. The molecule has 3 aromatic heterocycles. The van der Waals surface area contributed by atoms with Gasteiger partial charge in [-0.3, -0.25) is 9.58 Å². The maximum atomic E-state index is 13.0. The van der Waals surface area contributed by atoms with Gasteiger partial charge in [0.1, 0.15) is 23.3 Å². The van der Waals surface area contributed by atoms with E-state index >= 15 is 0 Å². The second-order valence-electron chi connectivity index (χ2n) is 10.00. The highest BCUT2D eigenvalue weighted by molar-refractivity contribution is 5.69. The van der Waals surface area contributed by atoms with Crippen molar-refractivity contribution in [1.29, 1.82) is 0 Å². The Balaban J connectivity index is 1.39. The number of aryl methyl sites for hydroxylation is 1. The number of carbonyl (C=O) groups excluding carboxylic acids is 1. The predicted octanol–water partition coefficient (Wildman–Crippen LogP) is 5.49. The molecule has 0 bridgehead atoms. The number of nitrogens with zero attached hydrogens (tertiary/aromatic N) is 5. The third-order valence-electron chi connectivity index (χ3n) is 5.82. The number of hydrogen-bond donors (Lipinski definition) is 1. The van der Waals surface area contributed by atoms with Gasteiger partial charge < -0.3 is 14.8 Å².